The molecular formula is C14H19NOS. The summed E-state index contributed by atoms with van der Waals surface area (Å²) in [5.41, 5.74) is 2.00. The van der Waals surface area contributed by atoms with Crippen LogP contribution in [0.15, 0.2) is 18.2 Å². The van der Waals surface area contributed by atoms with Crippen molar-refractivity contribution in [3.8, 4) is 0 Å². The van der Waals surface area contributed by atoms with Gasteiger partial charge in [0, 0.05) is 11.3 Å². The minimum atomic E-state index is -0.199. The lowest BCUT2D eigenvalue weighted by atomic mass is 9.85. The van der Waals surface area contributed by atoms with Crippen LogP contribution in [-0.2, 0) is 5.41 Å². The molecule has 3 heteroatoms. The normalized spacial score (nSPS) is 12.6. The molecule has 0 radical (unpaired) electrons. The van der Waals surface area contributed by atoms with Crippen LogP contribution in [0.1, 0.15) is 44.2 Å². The second kappa shape index (κ2) is 4.39. The lowest BCUT2D eigenvalue weighted by Crippen LogP contribution is -2.21. The van der Waals surface area contributed by atoms with Gasteiger partial charge in [-0.25, -0.2) is 4.98 Å². The summed E-state index contributed by atoms with van der Waals surface area (Å²) in [4.78, 5) is 4.66. The quantitative estimate of drug-likeness (QED) is 0.900. The maximum Gasteiger partial charge on any atom is 0.0963 e. The summed E-state index contributed by atoms with van der Waals surface area (Å²) in [5, 5.41) is 10.6. The van der Waals surface area contributed by atoms with Gasteiger partial charge in [0.15, 0.2) is 0 Å². The van der Waals surface area contributed by atoms with E-state index in [1.165, 1.54) is 9.71 Å². The molecule has 1 heterocycles. The van der Waals surface area contributed by atoms with Crippen molar-refractivity contribution in [2.75, 3.05) is 6.61 Å². The smallest absolute Gasteiger partial charge is 0.0963 e. The maximum absolute atomic E-state index is 9.40. The van der Waals surface area contributed by atoms with Crippen molar-refractivity contribution in [2.24, 2.45) is 0 Å². The first-order valence-electron chi connectivity index (χ1n) is 5.96. The van der Waals surface area contributed by atoms with Gasteiger partial charge in [-0.15, -0.1) is 11.3 Å². The molecule has 0 atom stereocenters. The summed E-state index contributed by atoms with van der Waals surface area (Å²) in [6, 6.07) is 6.32. The molecule has 0 saturated heterocycles. The Morgan fingerprint density at radius 1 is 1.35 bits per heavy atom. The molecule has 2 nitrogen and oxygen atoms in total. The molecule has 0 fully saturated rings. The number of nitrogens with zero attached hydrogens (tertiary/aromatic N) is 1. The fourth-order valence-corrected chi connectivity index (χ4v) is 2.65. The van der Waals surface area contributed by atoms with Crippen molar-refractivity contribution in [2.45, 2.75) is 39.0 Å². The summed E-state index contributed by atoms with van der Waals surface area (Å²) in [6.45, 7) is 8.57. The van der Waals surface area contributed by atoms with E-state index in [1.807, 2.05) is 13.8 Å². The molecule has 0 aliphatic carbocycles. The molecule has 0 amide bonds. The summed E-state index contributed by atoms with van der Waals surface area (Å²) < 4.78 is 1.23. The standard InChI is InChI=1S/C14H19NOS/c1-9(2)13-15-11-7-10(14(3,4)8-16)5-6-12(11)17-13/h5-7,9,16H,8H2,1-4H3. The second-order valence-corrected chi connectivity index (χ2v) is 6.49. The molecule has 0 saturated carbocycles. The van der Waals surface area contributed by atoms with E-state index in [0.717, 1.165) is 11.1 Å². The van der Waals surface area contributed by atoms with E-state index in [4.69, 9.17) is 0 Å². The van der Waals surface area contributed by atoms with E-state index in [1.54, 1.807) is 11.3 Å². The van der Waals surface area contributed by atoms with E-state index >= 15 is 0 Å². The van der Waals surface area contributed by atoms with Gasteiger partial charge < -0.3 is 5.11 Å². The van der Waals surface area contributed by atoms with Crippen molar-refractivity contribution in [3.05, 3.63) is 28.8 Å². The topological polar surface area (TPSA) is 33.1 Å². The highest BCUT2D eigenvalue weighted by Gasteiger charge is 2.20. The molecule has 17 heavy (non-hydrogen) atoms. The molecule has 2 rings (SSSR count). The van der Waals surface area contributed by atoms with Crippen LogP contribution >= 0.6 is 11.3 Å². The number of rotatable bonds is 3. The highest BCUT2D eigenvalue weighted by molar-refractivity contribution is 7.18. The van der Waals surface area contributed by atoms with Gasteiger partial charge in [-0.2, -0.15) is 0 Å². The fraction of sp³-hybridized carbons (Fsp3) is 0.500. The Morgan fingerprint density at radius 3 is 2.65 bits per heavy atom. The van der Waals surface area contributed by atoms with Crippen LogP contribution < -0.4 is 0 Å². The van der Waals surface area contributed by atoms with Gasteiger partial charge >= 0.3 is 0 Å². The van der Waals surface area contributed by atoms with Gasteiger partial charge in [-0.05, 0) is 17.7 Å². The summed E-state index contributed by atoms with van der Waals surface area (Å²) >= 11 is 1.76. The van der Waals surface area contributed by atoms with Gasteiger partial charge in [-0.1, -0.05) is 33.8 Å². The average molecular weight is 249 g/mol. The molecule has 0 unspecified atom stereocenters. The van der Waals surface area contributed by atoms with Crippen LogP contribution in [0.25, 0.3) is 10.2 Å². The average Bonchev–Trinajstić information content (AvgIpc) is 2.71. The van der Waals surface area contributed by atoms with Gasteiger partial charge in [-0.3, -0.25) is 0 Å². The third-order valence-electron chi connectivity index (χ3n) is 3.07. The Bertz CT molecular complexity index is 528. The van der Waals surface area contributed by atoms with Gasteiger partial charge in [0.2, 0.25) is 0 Å². The van der Waals surface area contributed by atoms with E-state index in [0.29, 0.717) is 5.92 Å². The third kappa shape index (κ3) is 2.35. The number of hydrogen-bond donors (Lipinski definition) is 1. The Labute approximate surface area is 106 Å². The van der Waals surface area contributed by atoms with E-state index in [9.17, 15) is 5.11 Å². The maximum atomic E-state index is 9.40. The first kappa shape index (κ1) is 12.5. The molecule has 1 N–H and O–H groups in total. The van der Waals surface area contributed by atoms with Crippen molar-refractivity contribution >= 4 is 21.6 Å². The van der Waals surface area contributed by atoms with Crippen LogP contribution in [-0.4, -0.2) is 16.7 Å². The molecule has 2 aromatic rings. The number of aliphatic hydroxyl groups excluding tert-OH is 1. The van der Waals surface area contributed by atoms with Crippen LogP contribution in [0.3, 0.4) is 0 Å². The van der Waals surface area contributed by atoms with Gasteiger partial charge in [0.05, 0.1) is 21.8 Å². The van der Waals surface area contributed by atoms with Crippen molar-refractivity contribution in [1.29, 1.82) is 0 Å². The zero-order chi connectivity index (χ0) is 12.6. The summed E-state index contributed by atoms with van der Waals surface area (Å²) in [6.07, 6.45) is 0. The van der Waals surface area contributed by atoms with Gasteiger partial charge in [0.25, 0.3) is 0 Å². The Morgan fingerprint density at radius 2 is 2.06 bits per heavy atom. The van der Waals surface area contributed by atoms with E-state index < -0.39 is 0 Å². The van der Waals surface area contributed by atoms with Gasteiger partial charge in [0.1, 0.15) is 0 Å². The van der Waals surface area contributed by atoms with Crippen LogP contribution in [0.2, 0.25) is 0 Å². The predicted molar refractivity (Wildman–Crippen MR) is 73.8 cm³/mol. The summed E-state index contributed by atoms with van der Waals surface area (Å²) in [7, 11) is 0. The molecule has 1 aromatic carbocycles. The molecule has 0 aliphatic heterocycles. The highest BCUT2D eigenvalue weighted by atomic mass is 32.1. The van der Waals surface area contributed by atoms with E-state index in [-0.39, 0.29) is 12.0 Å². The summed E-state index contributed by atoms with van der Waals surface area (Å²) in [5.74, 6) is 0.474. The van der Waals surface area contributed by atoms with Crippen molar-refractivity contribution in [1.82, 2.24) is 4.98 Å². The number of aliphatic hydroxyl groups is 1. The van der Waals surface area contributed by atoms with Crippen molar-refractivity contribution in [3.63, 3.8) is 0 Å². The monoisotopic (exact) mass is 249 g/mol. The minimum absolute atomic E-state index is 0.152. The number of aromatic nitrogens is 1. The third-order valence-corrected chi connectivity index (χ3v) is 4.41. The molecule has 0 spiro atoms. The first-order valence-corrected chi connectivity index (χ1v) is 6.77. The second-order valence-electron chi connectivity index (χ2n) is 5.43. The molecule has 1 aromatic heterocycles. The van der Waals surface area contributed by atoms with E-state index in [2.05, 4.69) is 37.0 Å². The Kier molecular flexibility index (Phi) is 3.23. The molecular weight excluding hydrogens is 230 g/mol. The number of benzene rings is 1. The predicted octanol–water partition coefficient (Wildman–Crippen LogP) is 3.69. The van der Waals surface area contributed by atoms with Crippen LogP contribution in [0.4, 0.5) is 0 Å². The van der Waals surface area contributed by atoms with Crippen molar-refractivity contribution < 1.29 is 5.11 Å². The lowest BCUT2D eigenvalue weighted by Gasteiger charge is -2.21. The number of fused-ring (bicyclic) bond motifs is 1. The molecule has 0 aliphatic rings. The Hall–Kier alpha value is -0.930. The zero-order valence-corrected chi connectivity index (χ0v) is 11.6. The Balaban J connectivity index is 2.50. The van der Waals surface area contributed by atoms with Crippen LogP contribution in [0.5, 0.6) is 0 Å². The lowest BCUT2D eigenvalue weighted by molar-refractivity contribution is 0.218. The largest absolute Gasteiger partial charge is 0.395 e. The first-order chi connectivity index (χ1) is 7.94. The van der Waals surface area contributed by atoms with Crippen LogP contribution in [0, 0.1) is 0 Å². The zero-order valence-electron chi connectivity index (χ0n) is 10.8. The fourth-order valence-electron chi connectivity index (χ4n) is 1.70. The highest BCUT2D eigenvalue weighted by Crippen LogP contribution is 2.31. The molecule has 0 bridgehead atoms. The number of thiazole rings is 1. The minimum Gasteiger partial charge on any atom is -0.395 e. The SMILES string of the molecule is CC(C)c1nc2cc(C(C)(C)CO)ccc2s1. The number of hydrogen-bond acceptors (Lipinski definition) is 3. The molecule has 92 valence electrons.